The van der Waals surface area contributed by atoms with E-state index in [4.69, 9.17) is 9.40 Å². The second kappa shape index (κ2) is 15.6. The molecular weight excluding hydrogens is 902 g/mol. The number of furan rings is 1. The number of halogens is 3. The van der Waals surface area contributed by atoms with Crippen molar-refractivity contribution in [2.45, 2.75) is 39.9 Å². The molecule has 0 saturated carbocycles. The molecule has 283 valence electrons. The van der Waals surface area contributed by atoms with Crippen LogP contribution in [0.5, 0.6) is 0 Å². The van der Waals surface area contributed by atoms with Gasteiger partial charge in [0.25, 0.3) is 5.95 Å². The zero-order valence-electron chi connectivity index (χ0n) is 31.4. The fourth-order valence-electron chi connectivity index (χ4n) is 7.14. The van der Waals surface area contributed by atoms with Gasteiger partial charge < -0.3 is 14.0 Å². The minimum atomic E-state index is -1.34. The molecule has 9 rings (SSSR count). The predicted molar refractivity (Wildman–Crippen MR) is 218 cm³/mol. The SMILES string of the molecule is CC(C)Cc1cc(-c2[c-]cccc2)ncc1[Si](C)(C)C.Fc1cc2c(oc3c(-c4nc5ccccc5n4-c4ccc5ccccc5c4)[c-]cc(F)c32)c(F)n1.[Ir]. The summed E-state index contributed by atoms with van der Waals surface area (Å²) in [5, 5.41) is 3.53. The molecule has 10 heteroatoms. The molecule has 0 atom stereocenters. The number of nitrogens with zero attached hydrogens (tertiary/aromatic N) is 4. The molecule has 0 unspecified atom stereocenters. The van der Waals surface area contributed by atoms with Gasteiger partial charge in [0.05, 0.1) is 30.5 Å². The van der Waals surface area contributed by atoms with Crippen molar-refractivity contribution in [1.29, 1.82) is 0 Å². The minimum Gasteiger partial charge on any atom is -0.496 e. The topological polar surface area (TPSA) is 56.7 Å². The maximum absolute atomic E-state index is 14.9. The summed E-state index contributed by atoms with van der Waals surface area (Å²) >= 11 is 0. The van der Waals surface area contributed by atoms with Crippen LogP contribution < -0.4 is 5.19 Å². The van der Waals surface area contributed by atoms with Crippen molar-refractivity contribution in [3.05, 3.63) is 151 Å². The number of aromatic nitrogens is 4. The third-order valence-corrected chi connectivity index (χ3v) is 11.7. The molecule has 0 aliphatic heterocycles. The maximum atomic E-state index is 14.9. The van der Waals surface area contributed by atoms with Crippen molar-refractivity contribution in [2.75, 3.05) is 0 Å². The number of fused-ring (bicyclic) bond motifs is 5. The van der Waals surface area contributed by atoms with Crippen LogP contribution in [0.1, 0.15) is 19.4 Å². The van der Waals surface area contributed by atoms with Gasteiger partial charge in [0.15, 0.2) is 5.58 Å². The van der Waals surface area contributed by atoms with Crippen LogP contribution in [-0.2, 0) is 26.5 Å². The standard InChI is InChI=1S/C28H13F3N3O.C18H24NSi.Ir/c29-20-12-11-18(25-24(20)19-14-23(30)33-27(31)26(19)35-25)28-32-21-7-3-4-8-22(21)34(28)17-10-9-15-5-1-2-6-16(15)13-17;1-14(2)11-16-12-17(15-9-7-6-8-10-15)19-13-18(16)20(3,4)5;/h1-10,12-14H;6-9,12-14H,11H2,1-5H3;/q2*-1;. The zero-order chi connectivity index (χ0) is 38.4. The molecule has 0 saturated heterocycles. The number of rotatable bonds is 6. The van der Waals surface area contributed by atoms with Gasteiger partial charge in [0.1, 0.15) is 0 Å². The Bertz CT molecular complexity index is 2870. The molecule has 1 radical (unpaired) electrons. The van der Waals surface area contributed by atoms with Crippen molar-refractivity contribution in [3.63, 3.8) is 0 Å². The Morgan fingerprint density at radius 3 is 2.30 bits per heavy atom. The third-order valence-electron chi connectivity index (χ3n) is 9.60. The van der Waals surface area contributed by atoms with Crippen molar-refractivity contribution < 1.29 is 37.7 Å². The van der Waals surface area contributed by atoms with E-state index in [1.165, 1.54) is 10.8 Å². The first kappa shape index (κ1) is 38.8. The maximum Gasteiger partial charge on any atom is 0.258 e. The molecule has 5 aromatic carbocycles. The Morgan fingerprint density at radius 2 is 1.55 bits per heavy atom. The van der Waals surface area contributed by atoms with Gasteiger partial charge in [-0.3, -0.25) is 9.37 Å². The molecule has 4 heterocycles. The van der Waals surface area contributed by atoms with Crippen LogP contribution in [0.15, 0.2) is 120 Å². The van der Waals surface area contributed by atoms with E-state index in [2.05, 4.69) is 73.9 Å². The van der Waals surface area contributed by atoms with E-state index in [-0.39, 0.29) is 42.0 Å². The van der Waals surface area contributed by atoms with Gasteiger partial charge in [0.2, 0.25) is 5.95 Å². The molecule has 0 aliphatic rings. The second-order valence-corrected chi connectivity index (χ2v) is 20.1. The van der Waals surface area contributed by atoms with Gasteiger partial charge in [-0.15, -0.1) is 48.0 Å². The van der Waals surface area contributed by atoms with Crippen molar-refractivity contribution in [1.82, 2.24) is 19.5 Å². The first-order valence-electron chi connectivity index (χ1n) is 18.2. The first-order valence-corrected chi connectivity index (χ1v) is 21.7. The number of imidazole rings is 1. The summed E-state index contributed by atoms with van der Waals surface area (Å²) in [5.74, 6) is -1.82. The number of pyridine rings is 2. The quantitative estimate of drug-likeness (QED) is 0.0947. The van der Waals surface area contributed by atoms with Crippen LogP contribution in [0.4, 0.5) is 13.2 Å². The van der Waals surface area contributed by atoms with E-state index in [0.717, 1.165) is 51.8 Å². The van der Waals surface area contributed by atoms with Crippen LogP contribution in [0, 0.1) is 35.8 Å². The van der Waals surface area contributed by atoms with Crippen LogP contribution in [0.25, 0.3) is 72.1 Å². The zero-order valence-corrected chi connectivity index (χ0v) is 34.8. The van der Waals surface area contributed by atoms with E-state index in [0.29, 0.717) is 22.8 Å². The first-order chi connectivity index (χ1) is 26.5. The predicted octanol–water partition coefficient (Wildman–Crippen LogP) is 11.6. The molecular formula is C46H37F3IrN4OSi-2. The van der Waals surface area contributed by atoms with E-state index >= 15 is 0 Å². The smallest absolute Gasteiger partial charge is 0.258 e. The van der Waals surface area contributed by atoms with Crippen LogP contribution in [0.3, 0.4) is 0 Å². The van der Waals surface area contributed by atoms with E-state index in [9.17, 15) is 13.2 Å². The normalized spacial score (nSPS) is 11.7. The molecule has 0 aliphatic carbocycles. The van der Waals surface area contributed by atoms with Gasteiger partial charge in [-0.25, -0.2) is 0 Å². The molecule has 56 heavy (non-hydrogen) atoms. The average molecular weight is 939 g/mol. The number of hydrogen-bond donors (Lipinski definition) is 0. The molecule has 5 nitrogen and oxygen atoms in total. The Kier molecular flexibility index (Phi) is 10.8. The third kappa shape index (κ3) is 7.44. The van der Waals surface area contributed by atoms with Gasteiger partial charge in [0, 0.05) is 49.3 Å². The van der Waals surface area contributed by atoms with Gasteiger partial charge in [-0.05, 0) is 63.6 Å². The monoisotopic (exact) mass is 939 g/mol. The fourth-order valence-corrected chi connectivity index (χ4v) is 8.72. The Hall–Kier alpha value is -5.41. The summed E-state index contributed by atoms with van der Waals surface area (Å²) in [4.78, 5) is 12.7. The van der Waals surface area contributed by atoms with Gasteiger partial charge in [-0.2, -0.15) is 13.8 Å². The largest absolute Gasteiger partial charge is 0.496 e. The molecule has 4 aromatic heterocycles. The molecule has 0 N–H and O–H groups in total. The number of para-hydroxylation sites is 2. The summed E-state index contributed by atoms with van der Waals surface area (Å²) in [7, 11) is -1.34. The molecule has 0 amide bonds. The number of hydrogen-bond acceptors (Lipinski definition) is 4. The summed E-state index contributed by atoms with van der Waals surface area (Å²) in [6.45, 7) is 11.7. The molecule has 0 bridgehead atoms. The molecule has 0 fully saturated rings. The minimum absolute atomic E-state index is 0. The molecule has 9 aromatic rings. The van der Waals surface area contributed by atoms with Crippen molar-refractivity contribution >= 4 is 57.0 Å². The summed E-state index contributed by atoms with van der Waals surface area (Å²) in [5.41, 5.74) is 5.97. The van der Waals surface area contributed by atoms with Crippen LogP contribution in [-0.4, -0.2) is 27.6 Å². The second-order valence-electron chi connectivity index (χ2n) is 15.1. The van der Waals surface area contributed by atoms with Gasteiger partial charge >= 0.3 is 0 Å². The Balaban J connectivity index is 0.000000197. The molecule has 0 spiro atoms. The van der Waals surface area contributed by atoms with Gasteiger partial charge in [-0.1, -0.05) is 93.1 Å². The Labute approximate surface area is 337 Å². The van der Waals surface area contributed by atoms with Crippen molar-refractivity contribution in [3.8, 4) is 28.3 Å². The van der Waals surface area contributed by atoms with Crippen molar-refractivity contribution in [2.24, 2.45) is 5.92 Å². The van der Waals surface area contributed by atoms with E-state index in [1.54, 1.807) is 0 Å². The summed E-state index contributed by atoms with van der Waals surface area (Å²) < 4.78 is 50.9. The fraction of sp³-hybridized carbons (Fsp3) is 0.152. The van der Waals surface area contributed by atoms with E-state index < -0.39 is 25.8 Å². The number of benzene rings is 5. The average Bonchev–Trinajstić information content (AvgIpc) is 3.75. The summed E-state index contributed by atoms with van der Waals surface area (Å²) in [6.07, 6.45) is 3.24. The summed E-state index contributed by atoms with van der Waals surface area (Å²) in [6, 6.07) is 40.2. The van der Waals surface area contributed by atoms with E-state index in [1.807, 2.05) is 89.5 Å². The van der Waals surface area contributed by atoms with Crippen LogP contribution in [0.2, 0.25) is 19.6 Å². The Morgan fingerprint density at radius 1 is 0.804 bits per heavy atom. The van der Waals surface area contributed by atoms with Crippen LogP contribution >= 0.6 is 0 Å².